The van der Waals surface area contributed by atoms with Gasteiger partial charge in [-0.1, -0.05) is 51.1 Å². The number of carboxylic acids is 1. The fourth-order valence-electron chi connectivity index (χ4n) is 2.43. The lowest BCUT2D eigenvalue weighted by atomic mass is 9.96. The molecule has 0 saturated carbocycles. The number of aliphatic carboxylic acids is 1. The summed E-state index contributed by atoms with van der Waals surface area (Å²) in [5.41, 5.74) is 1.33. The van der Waals surface area contributed by atoms with Crippen LogP contribution < -0.4 is 5.32 Å². The summed E-state index contributed by atoms with van der Waals surface area (Å²) in [6, 6.07) is 10.4. The highest BCUT2D eigenvalue weighted by atomic mass is 16.4. The molecule has 0 amide bonds. The Labute approximate surface area is 122 Å². The van der Waals surface area contributed by atoms with Gasteiger partial charge in [0.25, 0.3) is 0 Å². The molecule has 0 spiro atoms. The van der Waals surface area contributed by atoms with Crippen LogP contribution in [0.5, 0.6) is 0 Å². The Morgan fingerprint density at radius 3 is 2.35 bits per heavy atom. The van der Waals surface area contributed by atoms with E-state index in [1.54, 1.807) is 0 Å². The summed E-state index contributed by atoms with van der Waals surface area (Å²) in [5, 5.41) is 12.5. The molecule has 0 aliphatic heterocycles. The van der Waals surface area contributed by atoms with Gasteiger partial charge >= 0.3 is 5.97 Å². The summed E-state index contributed by atoms with van der Waals surface area (Å²) in [6.07, 6.45) is 1.76. The summed E-state index contributed by atoms with van der Waals surface area (Å²) in [4.78, 5) is 11.2. The van der Waals surface area contributed by atoms with E-state index < -0.39 is 5.97 Å². The Bertz CT molecular complexity index is 389. The zero-order chi connectivity index (χ0) is 15.0. The standard InChI is InChI=1S/C17H27NO2/c1-13(2)9-16(17(19)20)12-18-11-14(3)10-15-7-5-4-6-8-15/h4-8,13-14,16,18H,9-12H2,1-3H3,(H,19,20). The molecule has 0 fully saturated rings. The number of benzene rings is 1. The lowest BCUT2D eigenvalue weighted by Gasteiger charge is -2.17. The maximum Gasteiger partial charge on any atom is 0.307 e. The highest BCUT2D eigenvalue weighted by molar-refractivity contribution is 5.70. The van der Waals surface area contributed by atoms with Crippen molar-refractivity contribution in [3.05, 3.63) is 35.9 Å². The van der Waals surface area contributed by atoms with Crippen LogP contribution in [0, 0.1) is 17.8 Å². The Morgan fingerprint density at radius 1 is 1.15 bits per heavy atom. The first kappa shape index (κ1) is 16.7. The van der Waals surface area contributed by atoms with Crippen LogP contribution in [0.2, 0.25) is 0 Å². The van der Waals surface area contributed by atoms with E-state index >= 15 is 0 Å². The van der Waals surface area contributed by atoms with Gasteiger partial charge in [0.1, 0.15) is 0 Å². The first-order valence-electron chi connectivity index (χ1n) is 7.46. The van der Waals surface area contributed by atoms with Crippen molar-refractivity contribution < 1.29 is 9.90 Å². The second-order valence-corrected chi connectivity index (χ2v) is 6.12. The minimum Gasteiger partial charge on any atom is -0.481 e. The third kappa shape index (κ3) is 6.71. The Kier molecular flexibility index (Phi) is 7.31. The van der Waals surface area contributed by atoms with Crippen LogP contribution in [0.1, 0.15) is 32.8 Å². The lowest BCUT2D eigenvalue weighted by Crippen LogP contribution is -2.32. The van der Waals surface area contributed by atoms with Crippen LogP contribution in [-0.2, 0) is 11.2 Å². The van der Waals surface area contributed by atoms with Crippen molar-refractivity contribution in [3.63, 3.8) is 0 Å². The van der Waals surface area contributed by atoms with Gasteiger partial charge in [0.15, 0.2) is 0 Å². The summed E-state index contributed by atoms with van der Waals surface area (Å²) >= 11 is 0. The van der Waals surface area contributed by atoms with Crippen LogP contribution in [0.25, 0.3) is 0 Å². The molecule has 0 radical (unpaired) electrons. The Balaban J connectivity index is 2.29. The van der Waals surface area contributed by atoms with Crippen LogP contribution >= 0.6 is 0 Å². The molecule has 1 rings (SSSR count). The van der Waals surface area contributed by atoms with E-state index in [0.29, 0.717) is 18.4 Å². The monoisotopic (exact) mass is 277 g/mol. The molecule has 2 atom stereocenters. The van der Waals surface area contributed by atoms with Crippen molar-refractivity contribution in [1.82, 2.24) is 5.32 Å². The number of carbonyl (C=O) groups is 1. The SMILES string of the molecule is CC(C)CC(CNCC(C)Cc1ccccc1)C(=O)O. The number of hydrogen-bond acceptors (Lipinski definition) is 2. The molecular formula is C17H27NO2. The van der Waals surface area contributed by atoms with Gasteiger partial charge in [-0.05, 0) is 36.8 Å². The molecule has 0 aliphatic carbocycles. The third-order valence-electron chi connectivity index (χ3n) is 3.42. The molecule has 20 heavy (non-hydrogen) atoms. The predicted octanol–water partition coefficient (Wildman–Crippen LogP) is 3.20. The van der Waals surface area contributed by atoms with Crippen molar-refractivity contribution in [2.45, 2.75) is 33.6 Å². The highest BCUT2D eigenvalue weighted by Crippen LogP contribution is 2.12. The van der Waals surface area contributed by atoms with Gasteiger partial charge in [-0.3, -0.25) is 4.79 Å². The van der Waals surface area contributed by atoms with Gasteiger partial charge in [0.05, 0.1) is 5.92 Å². The van der Waals surface area contributed by atoms with Gasteiger partial charge in [-0.25, -0.2) is 0 Å². The molecule has 1 aromatic carbocycles. The van der Waals surface area contributed by atoms with E-state index in [4.69, 9.17) is 0 Å². The van der Waals surface area contributed by atoms with Gasteiger partial charge in [-0.15, -0.1) is 0 Å². The molecular weight excluding hydrogens is 250 g/mol. The molecule has 0 heterocycles. The molecule has 0 aliphatic rings. The average Bonchev–Trinajstić information content (AvgIpc) is 2.38. The second-order valence-electron chi connectivity index (χ2n) is 6.12. The second kappa shape index (κ2) is 8.75. The van der Waals surface area contributed by atoms with Gasteiger partial charge in [0, 0.05) is 6.54 Å². The van der Waals surface area contributed by atoms with Crippen molar-refractivity contribution in [1.29, 1.82) is 0 Å². The fourth-order valence-corrected chi connectivity index (χ4v) is 2.43. The molecule has 3 heteroatoms. The molecule has 112 valence electrons. The van der Waals surface area contributed by atoms with Crippen molar-refractivity contribution in [2.24, 2.45) is 17.8 Å². The van der Waals surface area contributed by atoms with Crippen molar-refractivity contribution >= 4 is 5.97 Å². The molecule has 2 N–H and O–H groups in total. The minimum atomic E-state index is -0.693. The highest BCUT2D eigenvalue weighted by Gasteiger charge is 2.18. The van der Waals surface area contributed by atoms with Crippen LogP contribution in [0.3, 0.4) is 0 Å². The first-order valence-corrected chi connectivity index (χ1v) is 7.46. The summed E-state index contributed by atoms with van der Waals surface area (Å²) in [6.45, 7) is 7.74. The van der Waals surface area contributed by atoms with E-state index in [9.17, 15) is 9.90 Å². The zero-order valence-corrected chi connectivity index (χ0v) is 12.8. The number of nitrogens with one attached hydrogen (secondary N) is 1. The normalized spacial score (nSPS) is 14.2. The fraction of sp³-hybridized carbons (Fsp3) is 0.588. The summed E-state index contributed by atoms with van der Waals surface area (Å²) < 4.78 is 0. The topological polar surface area (TPSA) is 49.3 Å². The maximum absolute atomic E-state index is 11.2. The van der Waals surface area contributed by atoms with E-state index in [1.165, 1.54) is 5.56 Å². The molecule has 2 unspecified atom stereocenters. The van der Waals surface area contributed by atoms with Gasteiger partial charge in [0.2, 0.25) is 0 Å². The third-order valence-corrected chi connectivity index (χ3v) is 3.42. The molecule has 0 bridgehead atoms. The molecule has 1 aromatic rings. The largest absolute Gasteiger partial charge is 0.481 e. The maximum atomic E-state index is 11.2. The molecule has 3 nitrogen and oxygen atoms in total. The van der Waals surface area contributed by atoms with Crippen LogP contribution in [0.15, 0.2) is 30.3 Å². The summed E-state index contributed by atoms with van der Waals surface area (Å²) in [7, 11) is 0. The smallest absolute Gasteiger partial charge is 0.307 e. The number of carboxylic acid groups (broad SMARTS) is 1. The molecule has 0 saturated heterocycles. The lowest BCUT2D eigenvalue weighted by molar-refractivity contribution is -0.142. The number of rotatable bonds is 9. The number of hydrogen-bond donors (Lipinski definition) is 2. The van der Waals surface area contributed by atoms with Crippen LogP contribution in [0.4, 0.5) is 0 Å². The Hall–Kier alpha value is -1.35. The quantitative estimate of drug-likeness (QED) is 0.728. The minimum absolute atomic E-state index is 0.279. The van der Waals surface area contributed by atoms with E-state index in [0.717, 1.165) is 19.4 Å². The van der Waals surface area contributed by atoms with Gasteiger partial charge < -0.3 is 10.4 Å². The van der Waals surface area contributed by atoms with Crippen molar-refractivity contribution in [3.8, 4) is 0 Å². The first-order chi connectivity index (χ1) is 9.49. The van der Waals surface area contributed by atoms with E-state index in [2.05, 4.69) is 50.4 Å². The zero-order valence-electron chi connectivity index (χ0n) is 12.8. The van der Waals surface area contributed by atoms with Crippen LogP contribution in [-0.4, -0.2) is 24.2 Å². The van der Waals surface area contributed by atoms with E-state index in [1.807, 2.05) is 6.07 Å². The van der Waals surface area contributed by atoms with Gasteiger partial charge in [-0.2, -0.15) is 0 Å². The Morgan fingerprint density at radius 2 is 1.80 bits per heavy atom. The van der Waals surface area contributed by atoms with Crippen molar-refractivity contribution in [2.75, 3.05) is 13.1 Å². The average molecular weight is 277 g/mol. The predicted molar refractivity (Wildman–Crippen MR) is 82.8 cm³/mol. The molecule has 0 aromatic heterocycles. The van der Waals surface area contributed by atoms with E-state index in [-0.39, 0.29) is 5.92 Å². The summed E-state index contributed by atoms with van der Waals surface area (Å²) in [5.74, 6) is -0.0497.